The Morgan fingerprint density at radius 2 is 2.14 bits per heavy atom. The highest BCUT2D eigenvalue weighted by molar-refractivity contribution is 9.10. The standard InChI is InChI=1S/C20H17BrClN3O4/c1-3-18-24-16-6-4-13(21)9-15(16)19(26)25(18)23-10-12-8-14(22)5-7-17(12)29-11(2)20(27)28/h4-11H,3H2,1-2H3,(H,27,28)/t11-/m0/s1. The lowest BCUT2D eigenvalue weighted by molar-refractivity contribution is -0.144. The van der Waals surface area contributed by atoms with Crippen LogP contribution < -0.4 is 10.3 Å². The highest BCUT2D eigenvalue weighted by Gasteiger charge is 2.15. The fraction of sp³-hybridized carbons (Fsp3) is 0.200. The SMILES string of the molecule is CCc1nc2ccc(Br)cc2c(=O)n1N=Cc1cc(Cl)ccc1O[C@@H](C)C(=O)O. The Morgan fingerprint density at radius 1 is 1.38 bits per heavy atom. The number of aliphatic carboxylic acids is 1. The van der Waals surface area contributed by atoms with Crippen molar-refractivity contribution in [3.8, 4) is 5.75 Å². The second-order valence-corrected chi connectivity index (χ2v) is 7.54. The largest absolute Gasteiger partial charge is 0.479 e. The predicted molar refractivity (Wildman–Crippen MR) is 115 cm³/mol. The molecule has 1 aromatic heterocycles. The molecule has 0 aliphatic heterocycles. The summed E-state index contributed by atoms with van der Waals surface area (Å²) in [5.41, 5.74) is 0.713. The molecule has 0 amide bonds. The van der Waals surface area contributed by atoms with Crippen molar-refractivity contribution in [3.63, 3.8) is 0 Å². The summed E-state index contributed by atoms with van der Waals surface area (Å²) in [5.74, 6) is -0.322. The molecule has 0 saturated heterocycles. The molecule has 150 valence electrons. The van der Waals surface area contributed by atoms with E-state index >= 15 is 0 Å². The maximum absolute atomic E-state index is 13.0. The van der Waals surface area contributed by atoms with Crippen LogP contribution >= 0.6 is 27.5 Å². The van der Waals surface area contributed by atoms with Gasteiger partial charge in [0.25, 0.3) is 5.56 Å². The summed E-state index contributed by atoms with van der Waals surface area (Å²) in [7, 11) is 0. The third-order valence-electron chi connectivity index (χ3n) is 4.13. The smallest absolute Gasteiger partial charge is 0.344 e. The van der Waals surface area contributed by atoms with E-state index in [4.69, 9.17) is 21.4 Å². The van der Waals surface area contributed by atoms with Gasteiger partial charge < -0.3 is 9.84 Å². The Morgan fingerprint density at radius 3 is 2.83 bits per heavy atom. The molecule has 29 heavy (non-hydrogen) atoms. The summed E-state index contributed by atoms with van der Waals surface area (Å²) in [5, 5.41) is 14.2. The van der Waals surface area contributed by atoms with Gasteiger partial charge in [0.05, 0.1) is 17.1 Å². The maximum Gasteiger partial charge on any atom is 0.344 e. The van der Waals surface area contributed by atoms with Crippen LogP contribution in [0.2, 0.25) is 5.02 Å². The molecule has 0 aliphatic rings. The highest BCUT2D eigenvalue weighted by Crippen LogP contribution is 2.23. The number of carboxylic acid groups (broad SMARTS) is 1. The van der Waals surface area contributed by atoms with Gasteiger partial charge in [0, 0.05) is 21.5 Å². The third-order valence-corrected chi connectivity index (χ3v) is 4.86. The minimum absolute atomic E-state index is 0.288. The van der Waals surface area contributed by atoms with E-state index in [2.05, 4.69) is 26.0 Å². The Bertz CT molecular complexity index is 1180. The van der Waals surface area contributed by atoms with Crippen LogP contribution in [0, 0.1) is 0 Å². The number of ether oxygens (including phenoxy) is 1. The normalized spacial score (nSPS) is 12.4. The van der Waals surface area contributed by atoms with Crippen LogP contribution in [-0.2, 0) is 11.2 Å². The first-order valence-corrected chi connectivity index (χ1v) is 9.91. The molecule has 7 nitrogen and oxygen atoms in total. The fourth-order valence-electron chi connectivity index (χ4n) is 2.63. The second-order valence-electron chi connectivity index (χ2n) is 6.19. The van der Waals surface area contributed by atoms with E-state index in [-0.39, 0.29) is 11.3 Å². The predicted octanol–water partition coefficient (Wildman–Crippen LogP) is 4.11. The van der Waals surface area contributed by atoms with Gasteiger partial charge in [-0.25, -0.2) is 9.78 Å². The zero-order chi connectivity index (χ0) is 21.1. The lowest BCUT2D eigenvalue weighted by atomic mass is 10.2. The van der Waals surface area contributed by atoms with Gasteiger partial charge in [-0.1, -0.05) is 34.5 Å². The summed E-state index contributed by atoms with van der Waals surface area (Å²) in [6.07, 6.45) is 0.840. The monoisotopic (exact) mass is 477 g/mol. The third kappa shape index (κ3) is 4.65. The van der Waals surface area contributed by atoms with E-state index in [1.54, 1.807) is 30.3 Å². The van der Waals surface area contributed by atoms with E-state index in [1.807, 2.05) is 13.0 Å². The Balaban J connectivity index is 2.09. The molecule has 1 atom stereocenters. The van der Waals surface area contributed by atoms with E-state index in [0.29, 0.717) is 33.7 Å². The molecule has 0 saturated carbocycles. The van der Waals surface area contributed by atoms with E-state index in [0.717, 1.165) is 4.47 Å². The van der Waals surface area contributed by atoms with Crippen LogP contribution in [0.1, 0.15) is 25.2 Å². The zero-order valence-electron chi connectivity index (χ0n) is 15.6. The number of aryl methyl sites for hydroxylation is 1. The first kappa shape index (κ1) is 21.0. The number of nitrogens with zero attached hydrogens (tertiary/aromatic N) is 3. The number of rotatable bonds is 6. The molecule has 0 radical (unpaired) electrons. The highest BCUT2D eigenvalue weighted by atomic mass is 79.9. The van der Waals surface area contributed by atoms with Gasteiger partial charge in [-0.05, 0) is 43.3 Å². The number of carboxylic acids is 1. The van der Waals surface area contributed by atoms with Crippen molar-refractivity contribution in [2.75, 3.05) is 0 Å². The van der Waals surface area contributed by atoms with Gasteiger partial charge in [-0.2, -0.15) is 9.78 Å². The topological polar surface area (TPSA) is 93.8 Å². The number of hydrogen-bond donors (Lipinski definition) is 1. The van der Waals surface area contributed by atoms with Gasteiger partial charge >= 0.3 is 5.97 Å². The first-order valence-electron chi connectivity index (χ1n) is 8.74. The minimum Gasteiger partial charge on any atom is -0.479 e. The Labute approximate surface area is 179 Å². The Hall–Kier alpha value is -2.71. The molecule has 0 unspecified atom stereocenters. The van der Waals surface area contributed by atoms with Crippen LogP contribution in [0.3, 0.4) is 0 Å². The maximum atomic E-state index is 13.0. The summed E-state index contributed by atoms with van der Waals surface area (Å²) in [6.45, 7) is 3.30. The fourth-order valence-corrected chi connectivity index (χ4v) is 3.17. The molecule has 0 bridgehead atoms. The van der Waals surface area contributed by atoms with Gasteiger partial charge in [0.1, 0.15) is 11.6 Å². The molecule has 0 spiro atoms. The van der Waals surface area contributed by atoms with E-state index < -0.39 is 12.1 Å². The average Bonchev–Trinajstić information content (AvgIpc) is 2.69. The summed E-state index contributed by atoms with van der Waals surface area (Å²) < 4.78 is 7.45. The molecule has 0 aliphatic carbocycles. The molecule has 2 aromatic carbocycles. The van der Waals surface area contributed by atoms with Gasteiger partial charge in [0.2, 0.25) is 0 Å². The van der Waals surface area contributed by atoms with Crippen molar-refractivity contribution in [1.82, 2.24) is 9.66 Å². The van der Waals surface area contributed by atoms with Crippen LogP contribution in [-0.4, -0.2) is 33.1 Å². The number of aromatic nitrogens is 2. The lowest BCUT2D eigenvalue weighted by Gasteiger charge is -2.13. The molecule has 0 fully saturated rings. The van der Waals surface area contributed by atoms with E-state index in [1.165, 1.54) is 17.8 Å². The zero-order valence-corrected chi connectivity index (χ0v) is 17.9. The van der Waals surface area contributed by atoms with Crippen molar-refractivity contribution < 1.29 is 14.6 Å². The Kier molecular flexibility index (Phi) is 6.34. The van der Waals surface area contributed by atoms with Crippen LogP contribution in [0.15, 0.2) is 50.8 Å². The van der Waals surface area contributed by atoms with Gasteiger partial charge in [0.15, 0.2) is 6.10 Å². The second kappa shape index (κ2) is 8.75. The average molecular weight is 479 g/mol. The number of benzene rings is 2. The molecule has 9 heteroatoms. The van der Waals surface area contributed by atoms with Gasteiger partial charge in [-0.3, -0.25) is 4.79 Å². The van der Waals surface area contributed by atoms with Crippen LogP contribution in [0.25, 0.3) is 10.9 Å². The van der Waals surface area contributed by atoms with Crippen LogP contribution in [0.4, 0.5) is 0 Å². The number of fused-ring (bicyclic) bond motifs is 1. The summed E-state index contributed by atoms with van der Waals surface area (Å²) >= 11 is 9.42. The minimum atomic E-state index is -1.10. The summed E-state index contributed by atoms with van der Waals surface area (Å²) in [6, 6.07) is 10.0. The molecule has 3 rings (SSSR count). The number of carbonyl (C=O) groups is 1. The van der Waals surface area contributed by atoms with Crippen molar-refractivity contribution in [3.05, 3.63) is 67.6 Å². The van der Waals surface area contributed by atoms with Gasteiger partial charge in [-0.15, -0.1) is 0 Å². The van der Waals surface area contributed by atoms with Crippen LogP contribution in [0.5, 0.6) is 5.75 Å². The molecule has 1 heterocycles. The molecule has 1 N–H and O–H groups in total. The van der Waals surface area contributed by atoms with Crippen molar-refractivity contribution in [1.29, 1.82) is 0 Å². The quantitative estimate of drug-likeness (QED) is 0.538. The van der Waals surface area contributed by atoms with E-state index in [9.17, 15) is 9.59 Å². The number of hydrogen-bond acceptors (Lipinski definition) is 5. The van der Waals surface area contributed by atoms with Crippen molar-refractivity contribution in [2.24, 2.45) is 5.10 Å². The number of halogens is 2. The molecular weight excluding hydrogens is 462 g/mol. The first-order chi connectivity index (χ1) is 13.8. The summed E-state index contributed by atoms with van der Waals surface area (Å²) in [4.78, 5) is 28.6. The molecule has 3 aromatic rings. The van der Waals surface area contributed by atoms with Crippen molar-refractivity contribution in [2.45, 2.75) is 26.4 Å². The molecular formula is C20H17BrClN3O4. The van der Waals surface area contributed by atoms with Crippen molar-refractivity contribution >= 4 is 50.6 Å². The lowest BCUT2D eigenvalue weighted by Crippen LogP contribution is -2.24.